The molecule has 1 heterocycles. The minimum atomic E-state index is -0.766. The van der Waals surface area contributed by atoms with Crippen molar-refractivity contribution >= 4 is 9.04 Å². The van der Waals surface area contributed by atoms with Gasteiger partial charge in [-0.25, -0.2) is 0 Å². The van der Waals surface area contributed by atoms with E-state index < -0.39 is 9.04 Å². The minimum absolute atomic E-state index is 0.0141. The Bertz CT molecular complexity index is 350. The largest absolute Gasteiger partial charge is 0.411 e. The molecule has 0 unspecified atom stereocenters. The Morgan fingerprint density at radius 3 is 2.53 bits per heavy atom. The summed E-state index contributed by atoms with van der Waals surface area (Å²) in [5, 5.41) is 9.00. The highest BCUT2D eigenvalue weighted by atomic mass is 28.3. The molecule has 0 spiro atoms. The molecule has 1 aromatic heterocycles. The van der Waals surface area contributed by atoms with Crippen LogP contribution in [0.3, 0.4) is 0 Å². The van der Waals surface area contributed by atoms with Gasteiger partial charge in [-0.2, -0.15) is 0 Å². The molecule has 1 rings (SSSR count). The third-order valence-electron chi connectivity index (χ3n) is 2.27. The predicted molar refractivity (Wildman–Crippen MR) is 70.8 cm³/mol. The summed E-state index contributed by atoms with van der Waals surface area (Å²) in [6, 6.07) is 6.78. The third kappa shape index (κ3) is 5.96. The standard InChI is InChI=1S/C13H22NO2Si/c1-13(2,3)10-17(4)16-9-12-7-5-6-11(8-15)14-12/h5-7,15H,8-10H2,1-4H3. The van der Waals surface area contributed by atoms with Crippen LogP contribution in [0.2, 0.25) is 12.6 Å². The van der Waals surface area contributed by atoms with Gasteiger partial charge >= 0.3 is 0 Å². The highest BCUT2D eigenvalue weighted by Crippen LogP contribution is 2.22. The second-order valence-corrected chi connectivity index (χ2v) is 7.55. The average molecular weight is 252 g/mol. The molecule has 17 heavy (non-hydrogen) atoms. The van der Waals surface area contributed by atoms with Crippen LogP contribution in [0.5, 0.6) is 0 Å². The van der Waals surface area contributed by atoms with Crippen LogP contribution in [-0.2, 0) is 17.6 Å². The number of aliphatic hydroxyl groups excluding tert-OH is 1. The highest BCUT2D eigenvalue weighted by molar-refractivity contribution is 6.50. The van der Waals surface area contributed by atoms with Crippen LogP contribution < -0.4 is 0 Å². The lowest BCUT2D eigenvalue weighted by molar-refractivity contribution is 0.271. The van der Waals surface area contributed by atoms with Crippen molar-refractivity contribution in [1.82, 2.24) is 4.98 Å². The fourth-order valence-electron chi connectivity index (χ4n) is 1.69. The molecule has 0 atom stereocenters. The van der Waals surface area contributed by atoms with Crippen LogP contribution in [-0.4, -0.2) is 19.1 Å². The molecular weight excluding hydrogens is 230 g/mol. The molecule has 0 saturated carbocycles. The zero-order chi connectivity index (χ0) is 12.9. The van der Waals surface area contributed by atoms with Gasteiger partial charge in [-0.1, -0.05) is 26.8 Å². The van der Waals surface area contributed by atoms with Gasteiger partial charge in [-0.15, -0.1) is 0 Å². The Balaban J connectivity index is 2.44. The van der Waals surface area contributed by atoms with Crippen LogP contribution in [0, 0.1) is 5.41 Å². The van der Waals surface area contributed by atoms with Gasteiger partial charge in [0.05, 0.1) is 24.6 Å². The van der Waals surface area contributed by atoms with E-state index in [1.807, 2.05) is 18.2 Å². The fourth-order valence-corrected chi connectivity index (χ4v) is 3.68. The summed E-state index contributed by atoms with van der Waals surface area (Å²) in [5.41, 5.74) is 1.92. The van der Waals surface area contributed by atoms with E-state index in [1.165, 1.54) is 0 Å². The lowest BCUT2D eigenvalue weighted by Gasteiger charge is -2.21. The average Bonchev–Trinajstić information content (AvgIpc) is 2.24. The molecule has 0 bridgehead atoms. The first kappa shape index (κ1) is 14.3. The van der Waals surface area contributed by atoms with Crippen molar-refractivity contribution in [2.75, 3.05) is 0 Å². The van der Waals surface area contributed by atoms with Gasteiger partial charge in [-0.05, 0) is 30.1 Å². The van der Waals surface area contributed by atoms with Gasteiger partial charge in [0.2, 0.25) is 9.04 Å². The monoisotopic (exact) mass is 252 g/mol. The maximum atomic E-state index is 9.00. The smallest absolute Gasteiger partial charge is 0.209 e. The van der Waals surface area contributed by atoms with Crippen LogP contribution in [0.25, 0.3) is 0 Å². The van der Waals surface area contributed by atoms with Crippen LogP contribution in [0.4, 0.5) is 0 Å². The fraction of sp³-hybridized carbons (Fsp3) is 0.615. The second-order valence-electron chi connectivity index (χ2n) is 5.51. The van der Waals surface area contributed by atoms with E-state index in [1.54, 1.807) is 0 Å². The summed E-state index contributed by atoms with van der Waals surface area (Å²) < 4.78 is 5.86. The lowest BCUT2D eigenvalue weighted by Crippen LogP contribution is -2.21. The van der Waals surface area contributed by atoms with Crippen LogP contribution in [0.15, 0.2) is 18.2 Å². The first-order valence-corrected chi connectivity index (χ1v) is 8.03. The molecule has 0 amide bonds. The quantitative estimate of drug-likeness (QED) is 0.819. The SMILES string of the molecule is C[Si](CC(C)(C)C)OCc1cccc(CO)n1. The molecule has 0 aliphatic heterocycles. The minimum Gasteiger partial charge on any atom is -0.411 e. The molecule has 0 saturated heterocycles. The molecule has 0 aliphatic carbocycles. The maximum absolute atomic E-state index is 9.00. The van der Waals surface area contributed by atoms with Crippen molar-refractivity contribution in [2.45, 2.75) is 46.6 Å². The summed E-state index contributed by atoms with van der Waals surface area (Å²) in [5.74, 6) is 0. The number of hydrogen-bond donors (Lipinski definition) is 1. The lowest BCUT2D eigenvalue weighted by atomic mass is 10.0. The summed E-state index contributed by atoms with van der Waals surface area (Å²) in [6.45, 7) is 9.42. The topological polar surface area (TPSA) is 42.4 Å². The van der Waals surface area contributed by atoms with Gasteiger partial charge in [-0.3, -0.25) is 4.98 Å². The van der Waals surface area contributed by atoms with Gasteiger partial charge in [0, 0.05) is 0 Å². The van der Waals surface area contributed by atoms with Crippen molar-refractivity contribution in [3.05, 3.63) is 29.6 Å². The zero-order valence-electron chi connectivity index (χ0n) is 11.2. The Kier molecular flexibility index (Phi) is 5.30. The van der Waals surface area contributed by atoms with Crippen molar-refractivity contribution < 1.29 is 9.53 Å². The van der Waals surface area contributed by atoms with Crippen LogP contribution >= 0.6 is 0 Å². The van der Waals surface area contributed by atoms with Crippen molar-refractivity contribution in [1.29, 1.82) is 0 Å². The molecule has 0 fully saturated rings. The number of aliphatic hydroxyl groups is 1. The van der Waals surface area contributed by atoms with E-state index in [2.05, 4.69) is 32.3 Å². The first-order valence-electron chi connectivity index (χ1n) is 5.91. The normalized spacial score (nSPS) is 12.1. The van der Waals surface area contributed by atoms with E-state index in [4.69, 9.17) is 9.53 Å². The van der Waals surface area contributed by atoms with E-state index in [9.17, 15) is 0 Å². The molecular formula is C13H22NO2Si. The van der Waals surface area contributed by atoms with Gasteiger partial charge < -0.3 is 9.53 Å². The highest BCUT2D eigenvalue weighted by Gasteiger charge is 2.18. The first-order chi connectivity index (χ1) is 7.90. The van der Waals surface area contributed by atoms with E-state index in [0.29, 0.717) is 17.7 Å². The third-order valence-corrected chi connectivity index (χ3v) is 4.47. The molecule has 1 aromatic rings. The summed E-state index contributed by atoms with van der Waals surface area (Å²) in [7, 11) is -0.766. The zero-order valence-corrected chi connectivity index (χ0v) is 12.2. The summed E-state index contributed by atoms with van der Waals surface area (Å²) >= 11 is 0. The van der Waals surface area contributed by atoms with Gasteiger partial charge in [0.15, 0.2) is 0 Å². The molecule has 95 valence electrons. The number of hydrogen-bond acceptors (Lipinski definition) is 3. The van der Waals surface area contributed by atoms with E-state index in [0.717, 1.165) is 11.7 Å². The molecule has 0 aliphatic rings. The van der Waals surface area contributed by atoms with Crippen molar-refractivity contribution in [3.63, 3.8) is 0 Å². The molecule has 0 aromatic carbocycles. The molecule has 1 radical (unpaired) electrons. The molecule has 1 N–H and O–H groups in total. The second kappa shape index (κ2) is 6.28. The summed E-state index contributed by atoms with van der Waals surface area (Å²) in [4.78, 5) is 4.30. The number of pyridine rings is 1. The van der Waals surface area contributed by atoms with Crippen molar-refractivity contribution in [3.8, 4) is 0 Å². The number of nitrogens with zero attached hydrogens (tertiary/aromatic N) is 1. The Morgan fingerprint density at radius 2 is 1.94 bits per heavy atom. The number of aromatic nitrogens is 1. The maximum Gasteiger partial charge on any atom is 0.209 e. The van der Waals surface area contributed by atoms with Gasteiger partial charge in [0.25, 0.3) is 0 Å². The summed E-state index contributed by atoms with van der Waals surface area (Å²) in [6.07, 6.45) is 0. The van der Waals surface area contributed by atoms with Gasteiger partial charge in [0.1, 0.15) is 0 Å². The van der Waals surface area contributed by atoms with E-state index in [-0.39, 0.29) is 6.61 Å². The van der Waals surface area contributed by atoms with E-state index >= 15 is 0 Å². The Hall–Kier alpha value is -0.713. The molecule has 4 heteroatoms. The Labute approximate surface area is 106 Å². The van der Waals surface area contributed by atoms with Crippen molar-refractivity contribution in [2.24, 2.45) is 5.41 Å². The Morgan fingerprint density at radius 1 is 1.29 bits per heavy atom. The van der Waals surface area contributed by atoms with Crippen LogP contribution in [0.1, 0.15) is 32.2 Å². The predicted octanol–water partition coefficient (Wildman–Crippen LogP) is 2.76. The number of rotatable bonds is 5. The molecule has 3 nitrogen and oxygen atoms in total.